The summed E-state index contributed by atoms with van der Waals surface area (Å²) < 4.78 is 22.2. The highest BCUT2D eigenvalue weighted by atomic mass is 35.6. The molecule has 88 heavy (non-hydrogen) atoms. The summed E-state index contributed by atoms with van der Waals surface area (Å²) >= 11 is 15.0. The van der Waals surface area contributed by atoms with Crippen LogP contribution in [0.15, 0.2) is 43.2 Å². The number of halogens is 3. The van der Waals surface area contributed by atoms with Gasteiger partial charge in [-0.25, -0.2) is 4.79 Å². The number of aliphatic hydroxyl groups is 7. The van der Waals surface area contributed by atoms with Crippen molar-refractivity contribution in [3.05, 3.63) is 48.7 Å². The summed E-state index contributed by atoms with van der Waals surface area (Å²) in [6, 6.07) is 10.3. The molecule has 9 aliphatic rings. The average Bonchev–Trinajstić information content (AvgIpc) is 4.18. The van der Waals surface area contributed by atoms with Crippen molar-refractivity contribution in [3.63, 3.8) is 0 Å². The average molecular weight is 1330 g/mol. The number of hydrogen-bond donors (Lipinski definition) is 7. The van der Waals surface area contributed by atoms with Crippen molar-refractivity contribution in [2.24, 2.45) is 58.2 Å². The highest BCUT2D eigenvalue weighted by molar-refractivity contribution is 6.76. The van der Waals surface area contributed by atoms with Crippen LogP contribution in [0.1, 0.15) is 230 Å². The van der Waals surface area contributed by atoms with Crippen LogP contribution in [0.2, 0.25) is 0 Å². The van der Waals surface area contributed by atoms with Gasteiger partial charge in [-0.15, -0.1) is 0 Å². The molecule has 15 nitrogen and oxygen atoms in total. The second-order valence-electron chi connectivity index (χ2n) is 23.5. The molecule has 9 fully saturated rings. The maximum absolute atomic E-state index is 10.2. The minimum absolute atomic E-state index is 0. The fourth-order valence-corrected chi connectivity index (χ4v) is 10.6. The zero-order chi connectivity index (χ0) is 62.9. The van der Waals surface area contributed by atoms with Crippen molar-refractivity contribution in [1.82, 2.24) is 0 Å². The van der Waals surface area contributed by atoms with Crippen LogP contribution in [0.4, 0.5) is 0 Å². The number of esters is 1. The second kappa shape index (κ2) is 69.4. The Kier molecular flexibility index (Phi) is 87.1. The first kappa shape index (κ1) is 110. The van der Waals surface area contributed by atoms with Crippen molar-refractivity contribution in [1.29, 1.82) is 0 Å². The minimum Gasteiger partial charge on any atom is -0.516 e. The summed E-state index contributed by atoms with van der Waals surface area (Å²) in [5, 5.41) is 53.9. The smallest absolute Gasteiger partial charge is 0.331 e. The van der Waals surface area contributed by atoms with Gasteiger partial charge in [-0.05, 0) is 182 Å². The lowest BCUT2D eigenvalue weighted by Gasteiger charge is -2.53. The van der Waals surface area contributed by atoms with Gasteiger partial charge in [0, 0.05) is 46.8 Å². The van der Waals surface area contributed by atoms with Crippen LogP contribution >= 0.6 is 34.8 Å². The van der Waals surface area contributed by atoms with E-state index in [1.54, 1.807) is 46.1 Å². The standard InChI is InChI=1S/C11H18.C10H18.C7H8.C6H12O2.C5H10O.C5H12.C4H8O.C3H3Cl3O2.C3H6O3.C3H6O2.C2H6O2.C2H6O.C2H4O.7CH4/c1-7-10-3-8-2-9(5-10)6-11(7)4-8;1-7-6-8-4-5-9(7)10(8,2)3;1-7-5-3-2-4-6-7;1-7-6-4-2-3-5-8-6;1-2-4-6-5-3-1;1-5(2,3)4;1-2-4-5-3-1;4-3(5,6)2(8)1-7;1-6-3(5)2-4;1-3(5)2-4;3-1-2-4;2*1-2-3;;;;;;;/h7-11H,2-6H2,1H3;7-9H,4-6H2,1-3H3;2-6H,1H3;6H,2-5H2,1H3;1-5H2;1-4H3;1-4H2;7H,1H2;4H,2H2,1H3;4H,2H2,1H3;3-4H,1-2H2;3H,2H2,1H3;2-3H,1H2;7*1H4. The van der Waals surface area contributed by atoms with Gasteiger partial charge in [0.15, 0.2) is 12.1 Å². The molecule has 7 N–H and O–H groups in total. The third kappa shape index (κ3) is 64.2. The Morgan fingerprint density at radius 2 is 1.03 bits per heavy atom. The van der Waals surface area contributed by atoms with E-state index in [1.165, 1.54) is 83.8 Å². The van der Waals surface area contributed by atoms with Crippen LogP contribution in [0.5, 0.6) is 0 Å². The highest BCUT2D eigenvalue weighted by Crippen LogP contribution is 2.60. The lowest BCUT2D eigenvalue weighted by Crippen LogP contribution is -2.43. The molecule has 0 aromatic heterocycles. The predicted molar refractivity (Wildman–Crippen MR) is 378 cm³/mol. The molecule has 10 rings (SSSR count). The molecule has 3 aliphatic heterocycles. The van der Waals surface area contributed by atoms with Crippen LogP contribution in [0, 0.1) is 65.1 Å². The van der Waals surface area contributed by atoms with Gasteiger partial charge in [0.2, 0.25) is 5.78 Å². The normalized spacial score (nSPS) is 23.0. The minimum atomic E-state index is -1.96. The number of alkyl halides is 3. The van der Waals surface area contributed by atoms with E-state index in [2.05, 4.69) is 85.8 Å². The summed E-state index contributed by atoms with van der Waals surface area (Å²) in [5.41, 5.74) is 2.52. The molecule has 6 bridgehead atoms. The molecule has 4 unspecified atom stereocenters. The number of ether oxygens (including phenoxy) is 5. The predicted octanol–water partition coefficient (Wildman–Crippen LogP) is 17.1. The van der Waals surface area contributed by atoms with E-state index in [4.69, 9.17) is 89.5 Å². The summed E-state index contributed by atoms with van der Waals surface area (Å²) in [5.74, 6) is 7.23. The van der Waals surface area contributed by atoms with Crippen molar-refractivity contribution in [2.75, 3.05) is 86.9 Å². The van der Waals surface area contributed by atoms with Crippen molar-refractivity contribution in [3.8, 4) is 0 Å². The summed E-state index contributed by atoms with van der Waals surface area (Å²) in [6.07, 6.45) is 23.3. The van der Waals surface area contributed by atoms with E-state index in [1.807, 2.05) is 18.2 Å². The highest BCUT2D eigenvalue weighted by Gasteiger charge is 2.51. The Morgan fingerprint density at radius 1 is 0.648 bits per heavy atom. The van der Waals surface area contributed by atoms with Gasteiger partial charge >= 0.3 is 5.97 Å². The Hall–Kier alpha value is -1.96. The molecular formula is C70H145Cl3O15. The molecule has 6 saturated carbocycles. The van der Waals surface area contributed by atoms with E-state index in [-0.39, 0.29) is 90.5 Å². The Morgan fingerprint density at radius 3 is 1.19 bits per heavy atom. The fourth-order valence-electron chi connectivity index (χ4n) is 10.5. The first-order chi connectivity index (χ1) is 38.1. The van der Waals surface area contributed by atoms with Gasteiger partial charge in [0.05, 0.1) is 26.6 Å². The number of ketones is 2. The maximum Gasteiger partial charge on any atom is 0.331 e. The zero-order valence-corrected chi connectivity index (χ0v) is 54.8. The van der Waals surface area contributed by atoms with Gasteiger partial charge in [0.1, 0.15) is 19.8 Å². The third-order valence-corrected chi connectivity index (χ3v) is 14.9. The van der Waals surface area contributed by atoms with Gasteiger partial charge in [0.25, 0.3) is 3.79 Å². The van der Waals surface area contributed by atoms with Gasteiger partial charge in [-0.2, -0.15) is 0 Å². The lowest BCUT2D eigenvalue weighted by atomic mass is 9.52. The van der Waals surface area contributed by atoms with Gasteiger partial charge in [-0.3, -0.25) is 9.59 Å². The largest absolute Gasteiger partial charge is 0.516 e. The number of benzene rings is 1. The van der Waals surface area contributed by atoms with E-state index >= 15 is 0 Å². The van der Waals surface area contributed by atoms with Crippen molar-refractivity contribution in [2.45, 2.75) is 241 Å². The fraction of sp³-hybridized carbons (Fsp3) is 0.843. The van der Waals surface area contributed by atoms with Crippen LogP contribution in [-0.4, -0.2) is 150 Å². The molecule has 1 aromatic carbocycles. The number of methoxy groups -OCH3 is 2. The molecule has 3 saturated heterocycles. The molecule has 536 valence electrons. The molecule has 0 radical (unpaired) electrons. The summed E-state index contributed by atoms with van der Waals surface area (Å²) in [6.45, 7) is 29.9. The molecule has 4 atom stereocenters. The molecule has 3 heterocycles. The SMILES string of the molecule is C.C.C.C.C.C.C.C1CCOC1.C1CCOCC1.C=CO.CC(=O)CO.CC(C)(C)C.CC1C2CC3CC(C2)CC1C3.CC1CC2CCC1C2(C)C.CCO.COC(=O)CO.COC1CCCCO1.Cc1ccccc1.O=C(CO)C(Cl)(Cl)Cl.OCCO. The van der Waals surface area contributed by atoms with E-state index in [9.17, 15) is 14.4 Å². The Balaban J connectivity index is -0.0000000819. The quantitative estimate of drug-likeness (QED) is 0.0824. The molecule has 18 heteroatoms. The number of fused-ring (bicyclic) bond motifs is 2. The Bertz CT molecular complexity index is 1540. The zero-order valence-electron chi connectivity index (χ0n) is 52.5. The number of aliphatic hydroxyl groups excluding tert-OH is 7. The number of Topliss-reactive ketones (excluding diaryl/α,β-unsaturated/α-hetero) is 2. The first-order valence-electron chi connectivity index (χ1n) is 29.5. The summed E-state index contributed by atoms with van der Waals surface area (Å²) in [4.78, 5) is 29.5. The lowest BCUT2D eigenvalue weighted by molar-refractivity contribution is -0.145. The monoisotopic (exact) mass is 1330 g/mol. The maximum atomic E-state index is 10.2. The van der Waals surface area contributed by atoms with Gasteiger partial charge in [-0.1, -0.05) is 185 Å². The second-order valence-corrected chi connectivity index (χ2v) is 25.8. The van der Waals surface area contributed by atoms with Crippen molar-refractivity contribution >= 4 is 52.3 Å². The van der Waals surface area contributed by atoms with E-state index < -0.39 is 28.8 Å². The van der Waals surface area contributed by atoms with Crippen molar-refractivity contribution < 1.29 is 73.8 Å². The van der Waals surface area contributed by atoms with Gasteiger partial charge < -0.3 is 59.4 Å². The van der Waals surface area contributed by atoms with Crippen LogP contribution in [-0.2, 0) is 38.1 Å². The number of carbonyl (C=O) groups is 3. The molecule has 0 amide bonds. The number of carbonyl (C=O) groups excluding carboxylic acids is 3. The van der Waals surface area contributed by atoms with E-state index in [0.29, 0.717) is 10.8 Å². The van der Waals surface area contributed by atoms with Crippen LogP contribution < -0.4 is 0 Å². The van der Waals surface area contributed by atoms with Crippen LogP contribution in [0.3, 0.4) is 0 Å². The van der Waals surface area contributed by atoms with Crippen LogP contribution in [0.25, 0.3) is 0 Å². The molecule has 1 aromatic rings. The molecular weight excluding hydrogens is 1190 g/mol. The first-order valence-corrected chi connectivity index (χ1v) is 30.6. The van der Waals surface area contributed by atoms with E-state index in [0.717, 1.165) is 93.1 Å². The number of aryl methyl sites for hydroxylation is 1. The summed E-state index contributed by atoms with van der Waals surface area (Å²) in [7, 11) is 2.91. The number of hydrogen-bond acceptors (Lipinski definition) is 15. The molecule has 6 aliphatic carbocycles. The Labute approximate surface area is 558 Å². The molecule has 0 spiro atoms. The number of rotatable bonds is 5. The third-order valence-electron chi connectivity index (χ3n) is 14.3. The topological polar surface area (TPSA) is 239 Å².